The van der Waals surface area contributed by atoms with Gasteiger partial charge in [0.1, 0.15) is 11.9 Å². The van der Waals surface area contributed by atoms with Gasteiger partial charge in [-0.25, -0.2) is 4.98 Å². The Morgan fingerprint density at radius 2 is 1.68 bits per heavy atom. The van der Waals surface area contributed by atoms with Crippen LogP contribution in [0.5, 0.6) is 0 Å². The summed E-state index contributed by atoms with van der Waals surface area (Å²) in [6.45, 7) is 0. The Hall–Kier alpha value is -4.25. The molecule has 1 aliphatic heterocycles. The van der Waals surface area contributed by atoms with Crippen molar-refractivity contribution in [1.82, 2.24) is 19.9 Å². The van der Waals surface area contributed by atoms with Gasteiger partial charge in [-0.1, -0.05) is 29.4 Å². The molecule has 1 aliphatic rings. The van der Waals surface area contributed by atoms with Crippen LogP contribution in [0.4, 0.5) is 11.4 Å². The second-order valence-corrected chi connectivity index (χ2v) is 11.0. The molecule has 0 bridgehead atoms. The second kappa shape index (κ2) is 11.1. The van der Waals surface area contributed by atoms with Gasteiger partial charge in [0.05, 0.1) is 21.7 Å². The number of nitro benzene ring substituents is 1. The van der Waals surface area contributed by atoms with Crippen LogP contribution in [0.15, 0.2) is 119 Å². The Morgan fingerprint density at radius 1 is 0.925 bits per heavy atom. The quantitative estimate of drug-likeness (QED) is 0.122. The van der Waals surface area contributed by atoms with Crippen LogP contribution < -0.4 is 10.2 Å². The second-order valence-electron chi connectivity index (χ2n) is 8.98. The van der Waals surface area contributed by atoms with E-state index in [0.717, 1.165) is 32.7 Å². The van der Waals surface area contributed by atoms with Crippen LogP contribution in [0.25, 0.3) is 5.82 Å². The average Bonchev–Trinajstić information content (AvgIpc) is 3.59. The fourth-order valence-corrected chi connectivity index (χ4v) is 6.01. The molecule has 0 amide bonds. The van der Waals surface area contributed by atoms with Crippen LogP contribution in [0.3, 0.4) is 0 Å². The number of nitrogens with zero attached hydrogens (tertiary/aromatic N) is 5. The van der Waals surface area contributed by atoms with Crippen LogP contribution in [0, 0.1) is 10.1 Å². The van der Waals surface area contributed by atoms with Gasteiger partial charge in [0, 0.05) is 51.9 Å². The summed E-state index contributed by atoms with van der Waals surface area (Å²) >= 11 is 13.5. The SMILES string of the molecule is O=[N+]([O-])c1ccc(Sc2ccc(N3C(=S)NC(c4ccccn4)C3c3cccn3-c3ccc(Cl)cn3)cc2)cc1. The highest BCUT2D eigenvalue weighted by molar-refractivity contribution is 7.99. The summed E-state index contributed by atoms with van der Waals surface area (Å²) in [6, 6.07) is 27.8. The average molecular weight is 585 g/mol. The molecular weight excluding hydrogens is 564 g/mol. The van der Waals surface area contributed by atoms with Crippen molar-refractivity contribution >= 4 is 52.1 Å². The number of anilines is 1. The van der Waals surface area contributed by atoms with Gasteiger partial charge >= 0.3 is 0 Å². The predicted molar refractivity (Wildman–Crippen MR) is 160 cm³/mol. The maximum atomic E-state index is 11.0. The topological polar surface area (TPSA) is 89.1 Å². The molecular formula is C29H21ClN6O2S2. The normalized spacial score (nSPS) is 16.6. The molecule has 1 saturated heterocycles. The van der Waals surface area contributed by atoms with E-state index in [-0.39, 0.29) is 17.8 Å². The summed E-state index contributed by atoms with van der Waals surface area (Å²) in [5.74, 6) is 0.747. The Balaban J connectivity index is 1.35. The smallest absolute Gasteiger partial charge is 0.269 e. The van der Waals surface area contributed by atoms with E-state index in [1.165, 1.54) is 23.9 Å². The molecule has 0 saturated carbocycles. The highest BCUT2D eigenvalue weighted by atomic mass is 35.5. The number of halogens is 1. The maximum absolute atomic E-state index is 11.0. The van der Waals surface area contributed by atoms with Gasteiger partial charge in [-0.3, -0.25) is 15.1 Å². The molecule has 1 fully saturated rings. The van der Waals surface area contributed by atoms with Crippen molar-refractivity contribution in [3.8, 4) is 5.82 Å². The number of aromatic nitrogens is 3. The zero-order chi connectivity index (χ0) is 27.6. The summed E-state index contributed by atoms with van der Waals surface area (Å²) in [4.78, 5) is 23.8. The minimum atomic E-state index is -0.399. The fourth-order valence-electron chi connectivity index (χ4n) is 4.73. The fraction of sp³-hybridized carbons (Fsp3) is 0.0690. The molecule has 0 spiro atoms. The summed E-state index contributed by atoms with van der Waals surface area (Å²) in [6.07, 6.45) is 5.39. The number of pyridine rings is 2. The Bertz CT molecular complexity index is 1660. The molecule has 198 valence electrons. The molecule has 2 unspecified atom stereocenters. The van der Waals surface area contributed by atoms with Crippen molar-refractivity contribution in [2.45, 2.75) is 21.9 Å². The number of nitrogens with one attached hydrogen (secondary N) is 1. The third-order valence-corrected chi connectivity index (χ3v) is 8.09. The largest absolute Gasteiger partial charge is 0.351 e. The number of thiocarbonyl (C=S) groups is 1. The van der Waals surface area contributed by atoms with E-state index in [4.69, 9.17) is 23.8 Å². The van der Waals surface area contributed by atoms with Crippen molar-refractivity contribution in [2.75, 3.05) is 4.90 Å². The van der Waals surface area contributed by atoms with E-state index in [0.29, 0.717) is 10.1 Å². The lowest BCUT2D eigenvalue weighted by Crippen LogP contribution is -2.30. The van der Waals surface area contributed by atoms with Crippen LogP contribution in [-0.4, -0.2) is 24.6 Å². The van der Waals surface area contributed by atoms with E-state index in [1.807, 2.05) is 71.4 Å². The Morgan fingerprint density at radius 3 is 2.33 bits per heavy atom. The Labute approximate surface area is 244 Å². The molecule has 3 aromatic heterocycles. The third kappa shape index (κ3) is 5.16. The van der Waals surface area contributed by atoms with E-state index in [1.54, 1.807) is 24.5 Å². The van der Waals surface area contributed by atoms with Gasteiger partial charge in [0.2, 0.25) is 0 Å². The number of benzene rings is 2. The van der Waals surface area contributed by atoms with Crippen LogP contribution >= 0.6 is 35.6 Å². The van der Waals surface area contributed by atoms with Crippen LogP contribution in [-0.2, 0) is 0 Å². The van der Waals surface area contributed by atoms with Crippen molar-refractivity contribution in [3.63, 3.8) is 0 Å². The zero-order valence-electron chi connectivity index (χ0n) is 20.8. The maximum Gasteiger partial charge on any atom is 0.269 e. The van der Waals surface area contributed by atoms with E-state index in [9.17, 15) is 10.1 Å². The summed E-state index contributed by atoms with van der Waals surface area (Å²) < 4.78 is 2.04. The van der Waals surface area contributed by atoms with Gasteiger partial charge in [-0.15, -0.1) is 0 Å². The summed E-state index contributed by atoms with van der Waals surface area (Å²) in [5, 5.41) is 15.6. The molecule has 5 aromatic rings. The lowest BCUT2D eigenvalue weighted by atomic mass is 10.0. The van der Waals surface area contributed by atoms with Crippen LogP contribution in [0.2, 0.25) is 5.02 Å². The molecule has 0 aliphatic carbocycles. The molecule has 2 aromatic carbocycles. The summed E-state index contributed by atoms with van der Waals surface area (Å²) in [5.41, 5.74) is 2.86. The first-order chi connectivity index (χ1) is 19.5. The van der Waals surface area contributed by atoms with Gasteiger partial charge in [0.15, 0.2) is 5.11 Å². The first-order valence-corrected chi connectivity index (χ1v) is 13.9. The Kier molecular flexibility index (Phi) is 7.21. The number of nitro groups is 1. The van der Waals surface area contributed by atoms with Gasteiger partial charge in [0.25, 0.3) is 5.69 Å². The molecule has 8 nitrogen and oxygen atoms in total. The van der Waals surface area contributed by atoms with Crippen molar-refractivity contribution in [3.05, 3.63) is 136 Å². The molecule has 6 rings (SSSR count). The first-order valence-electron chi connectivity index (χ1n) is 12.3. The lowest BCUT2D eigenvalue weighted by Gasteiger charge is -2.29. The standard InChI is InChI=1S/C29H21ClN6O2S2/c30-19-6-15-26(32-18-19)34-17-3-5-25(34)28-27(24-4-1-2-16-31-24)33-29(39)35(28)20-7-11-22(12-8-20)40-23-13-9-21(10-14-23)36(37)38/h1-18,27-28H,(H,33,39). The van der Waals surface area contributed by atoms with E-state index < -0.39 is 4.92 Å². The van der Waals surface area contributed by atoms with Crippen LogP contribution in [0.1, 0.15) is 23.5 Å². The highest BCUT2D eigenvalue weighted by Crippen LogP contribution is 2.42. The third-order valence-electron chi connectivity index (χ3n) is 6.54. The molecule has 40 heavy (non-hydrogen) atoms. The van der Waals surface area contributed by atoms with Crippen molar-refractivity contribution in [1.29, 1.82) is 0 Å². The lowest BCUT2D eigenvalue weighted by molar-refractivity contribution is -0.384. The summed E-state index contributed by atoms with van der Waals surface area (Å²) in [7, 11) is 0. The monoisotopic (exact) mass is 584 g/mol. The highest BCUT2D eigenvalue weighted by Gasteiger charge is 2.42. The number of hydrogen-bond acceptors (Lipinski definition) is 6. The predicted octanol–water partition coefficient (Wildman–Crippen LogP) is 7.16. The molecule has 2 atom stereocenters. The minimum Gasteiger partial charge on any atom is -0.351 e. The van der Waals surface area contributed by atoms with Crippen molar-refractivity contribution < 1.29 is 4.92 Å². The van der Waals surface area contributed by atoms with Crippen molar-refractivity contribution in [2.24, 2.45) is 0 Å². The van der Waals surface area contributed by atoms with Gasteiger partial charge in [-0.05, 0) is 85.0 Å². The molecule has 1 N–H and O–H groups in total. The van der Waals surface area contributed by atoms with E-state index >= 15 is 0 Å². The van der Waals surface area contributed by atoms with Gasteiger partial charge < -0.3 is 14.8 Å². The van der Waals surface area contributed by atoms with Gasteiger partial charge in [-0.2, -0.15) is 0 Å². The number of rotatable bonds is 7. The first kappa shape index (κ1) is 26.0. The molecule has 0 radical (unpaired) electrons. The zero-order valence-corrected chi connectivity index (χ0v) is 23.2. The molecule has 11 heteroatoms. The number of hydrogen-bond donors (Lipinski definition) is 1. The number of non-ortho nitro benzene ring substituents is 1. The molecule has 4 heterocycles. The minimum absolute atomic E-state index is 0.0711. The van der Waals surface area contributed by atoms with E-state index in [2.05, 4.69) is 26.3 Å².